The van der Waals surface area contributed by atoms with E-state index in [-0.39, 0.29) is 23.5 Å². The van der Waals surface area contributed by atoms with Crippen LogP contribution in [-0.4, -0.2) is 29.7 Å². The quantitative estimate of drug-likeness (QED) is 0.630. The highest BCUT2D eigenvalue weighted by Crippen LogP contribution is 2.27. The van der Waals surface area contributed by atoms with Crippen LogP contribution in [0.1, 0.15) is 36.6 Å². The van der Waals surface area contributed by atoms with Crippen molar-refractivity contribution in [2.24, 2.45) is 0 Å². The van der Waals surface area contributed by atoms with Crippen molar-refractivity contribution in [3.8, 4) is 5.75 Å². The molecule has 1 aliphatic heterocycles. The van der Waals surface area contributed by atoms with Crippen molar-refractivity contribution >= 4 is 23.4 Å². The van der Waals surface area contributed by atoms with Gasteiger partial charge in [-0.05, 0) is 42.0 Å². The number of carbonyl (C=O) groups is 3. The SMILES string of the molecule is COc1ccc(CN2C(=O)c3ccccc3C2=O)cc1C(=O)Nc1ccc(F)c(F)c1. The number of carbonyl (C=O) groups excluding carboxylic acids is 3. The number of halogens is 2. The number of hydrogen-bond acceptors (Lipinski definition) is 4. The van der Waals surface area contributed by atoms with E-state index in [1.165, 1.54) is 25.3 Å². The van der Waals surface area contributed by atoms with Gasteiger partial charge in [-0.15, -0.1) is 0 Å². The molecule has 0 saturated heterocycles. The van der Waals surface area contributed by atoms with E-state index in [4.69, 9.17) is 4.74 Å². The summed E-state index contributed by atoms with van der Waals surface area (Å²) in [5.41, 5.74) is 1.36. The van der Waals surface area contributed by atoms with Gasteiger partial charge >= 0.3 is 0 Å². The predicted molar refractivity (Wildman–Crippen MR) is 108 cm³/mol. The third kappa shape index (κ3) is 3.75. The highest BCUT2D eigenvalue weighted by molar-refractivity contribution is 6.21. The molecule has 6 nitrogen and oxygen atoms in total. The number of methoxy groups -OCH3 is 1. The summed E-state index contributed by atoms with van der Waals surface area (Å²) in [6, 6.07) is 14.2. The summed E-state index contributed by atoms with van der Waals surface area (Å²) in [5.74, 6) is -3.32. The van der Waals surface area contributed by atoms with Gasteiger partial charge in [0.2, 0.25) is 0 Å². The largest absolute Gasteiger partial charge is 0.496 e. The topological polar surface area (TPSA) is 75.7 Å². The zero-order valence-corrected chi connectivity index (χ0v) is 16.3. The molecule has 0 aromatic heterocycles. The van der Waals surface area contributed by atoms with Gasteiger partial charge < -0.3 is 10.1 Å². The zero-order valence-electron chi connectivity index (χ0n) is 16.3. The van der Waals surface area contributed by atoms with Crippen LogP contribution >= 0.6 is 0 Å². The number of nitrogens with zero attached hydrogens (tertiary/aromatic N) is 1. The lowest BCUT2D eigenvalue weighted by atomic mass is 10.1. The van der Waals surface area contributed by atoms with Gasteiger partial charge in [0.1, 0.15) is 5.75 Å². The van der Waals surface area contributed by atoms with Gasteiger partial charge in [0.15, 0.2) is 11.6 Å². The highest BCUT2D eigenvalue weighted by atomic mass is 19.2. The van der Waals surface area contributed by atoms with Crippen LogP contribution in [0.4, 0.5) is 14.5 Å². The summed E-state index contributed by atoms with van der Waals surface area (Å²) in [4.78, 5) is 39.0. The summed E-state index contributed by atoms with van der Waals surface area (Å²) in [6.07, 6.45) is 0. The number of nitrogens with one attached hydrogen (secondary N) is 1. The van der Waals surface area contributed by atoms with E-state index in [0.29, 0.717) is 16.7 Å². The number of ether oxygens (including phenoxy) is 1. The van der Waals surface area contributed by atoms with Crippen LogP contribution in [0.2, 0.25) is 0 Å². The van der Waals surface area contributed by atoms with Crippen LogP contribution < -0.4 is 10.1 Å². The van der Waals surface area contributed by atoms with Gasteiger partial charge in [-0.1, -0.05) is 18.2 Å². The molecular formula is C23H16F2N2O4. The average Bonchev–Trinajstić information content (AvgIpc) is 3.01. The van der Waals surface area contributed by atoms with E-state index in [9.17, 15) is 23.2 Å². The lowest BCUT2D eigenvalue weighted by molar-refractivity contribution is 0.0642. The Morgan fingerprint density at radius 3 is 2.23 bits per heavy atom. The fourth-order valence-electron chi connectivity index (χ4n) is 3.37. The smallest absolute Gasteiger partial charge is 0.261 e. The third-order valence-electron chi connectivity index (χ3n) is 4.90. The maximum atomic E-state index is 13.4. The van der Waals surface area contributed by atoms with Crippen molar-refractivity contribution in [2.75, 3.05) is 12.4 Å². The Kier molecular flexibility index (Phi) is 5.21. The normalized spacial score (nSPS) is 12.7. The number of hydrogen-bond donors (Lipinski definition) is 1. The minimum Gasteiger partial charge on any atom is -0.496 e. The molecule has 156 valence electrons. The fraction of sp³-hybridized carbons (Fsp3) is 0.0870. The Balaban J connectivity index is 1.59. The van der Waals surface area contributed by atoms with Crippen molar-refractivity contribution < 1.29 is 27.9 Å². The Hall–Kier alpha value is -4.07. The molecule has 31 heavy (non-hydrogen) atoms. The van der Waals surface area contributed by atoms with E-state index in [1.807, 2.05) is 0 Å². The minimum atomic E-state index is -1.09. The van der Waals surface area contributed by atoms with E-state index < -0.39 is 29.4 Å². The highest BCUT2D eigenvalue weighted by Gasteiger charge is 2.35. The molecule has 3 aromatic carbocycles. The van der Waals surface area contributed by atoms with Crippen LogP contribution in [0.5, 0.6) is 5.75 Å². The summed E-state index contributed by atoms with van der Waals surface area (Å²) in [5, 5.41) is 2.48. The molecule has 1 heterocycles. The van der Waals surface area contributed by atoms with Crippen LogP contribution in [0.25, 0.3) is 0 Å². The van der Waals surface area contributed by atoms with Gasteiger partial charge in [-0.2, -0.15) is 0 Å². The second-order valence-electron chi connectivity index (χ2n) is 6.86. The van der Waals surface area contributed by atoms with Crippen LogP contribution in [0, 0.1) is 11.6 Å². The molecular weight excluding hydrogens is 406 g/mol. The van der Waals surface area contributed by atoms with E-state index in [2.05, 4.69) is 5.32 Å². The molecule has 1 aliphatic rings. The third-order valence-corrected chi connectivity index (χ3v) is 4.90. The average molecular weight is 422 g/mol. The van der Waals surface area contributed by atoms with E-state index in [1.54, 1.807) is 30.3 Å². The minimum absolute atomic E-state index is 0.0399. The summed E-state index contributed by atoms with van der Waals surface area (Å²) in [6.45, 7) is -0.0399. The first kappa shape index (κ1) is 20.2. The van der Waals surface area contributed by atoms with Crippen LogP contribution in [0.15, 0.2) is 60.7 Å². The summed E-state index contributed by atoms with van der Waals surface area (Å²) in [7, 11) is 1.38. The molecule has 4 rings (SSSR count). The molecule has 3 aromatic rings. The zero-order chi connectivity index (χ0) is 22.1. The maximum Gasteiger partial charge on any atom is 0.261 e. The number of fused-ring (bicyclic) bond motifs is 1. The first-order valence-electron chi connectivity index (χ1n) is 9.27. The predicted octanol–water partition coefficient (Wildman–Crippen LogP) is 4.02. The number of rotatable bonds is 5. The fourth-order valence-corrected chi connectivity index (χ4v) is 3.37. The second kappa shape index (κ2) is 7.98. The number of anilines is 1. The lowest BCUT2D eigenvalue weighted by Crippen LogP contribution is -2.29. The molecule has 0 aliphatic carbocycles. The van der Waals surface area contributed by atoms with Crippen LogP contribution in [0.3, 0.4) is 0 Å². The Labute approximate surface area is 176 Å². The van der Waals surface area contributed by atoms with Gasteiger partial charge in [-0.3, -0.25) is 19.3 Å². The Morgan fingerprint density at radius 1 is 0.935 bits per heavy atom. The summed E-state index contributed by atoms with van der Waals surface area (Å²) >= 11 is 0. The molecule has 0 radical (unpaired) electrons. The first-order valence-corrected chi connectivity index (χ1v) is 9.27. The monoisotopic (exact) mass is 422 g/mol. The molecule has 0 saturated carbocycles. The number of amides is 3. The number of benzene rings is 3. The van der Waals surface area contributed by atoms with Crippen molar-refractivity contribution in [2.45, 2.75) is 6.54 Å². The Bertz CT molecular complexity index is 1190. The Morgan fingerprint density at radius 2 is 1.61 bits per heavy atom. The molecule has 3 amide bonds. The molecule has 0 fully saturated rings. The lowest BCUT2D eigenvalue weighted by Gasteiger charge is -2.16. The van der Waals surface area contributed by atoms with Crippen molar-refractivity contribution in [1.29, 1.82) is 0 Å². The first-order chi connectivity index (χ1) is 14.9. The van der Waals surface area contributed by atoms with Crippen LogP contribution in [-0.2, 0) is 6.54 Å². The molecule has 0 atom stereocenters. The van der Waals surface area contributed by atoms with Gasteiger partial charge in [0.05, 0.1) is 30.3 Å². The van der Waals surface area contributed by atoms with E-state index in [0.717, 1.165) is 17.0 Å². The van der Waals surface area contributed by atoms with Gasteiger partial charge in [0, 0.05) is 11.8 Å². The summed E-state index contributed by atoms with van der Waals surface area (Å²) < 4.78 is 31.8. The molecule has 1 N–H and O–H groups in total. The van der Waals surface area contributed by atoms with E-state index >= 15 is 0 Å². The molecule has 0 bridgehead atoms. The molecule has 8 heteroatoms. The van der Waals surface area contributed by atoms with Gasteiger partial charge in [-0.25, -0.2) is 8.78 Å². The van der Waals surface area contributed by atoms with Gasteiger partial charge in [0.25, 0.3) is 17.7 Å². The maximum absolute atomic E-state index is 13.4. The molecule has 0 unspecified atom stereocenters. The van der Waals surface area contributed by atoms with Crippen molar-refractivity contribution in [3.05, 3.63) is 94.6 Å². The number of imide groups is 1. The van der Waals surface area contributed by atoms with Crippen molar-refractivity contribution in [1.82, 2.24) is 4.90 Å². The second-order valence-corrected chi connectivity index (χ2v) is 6.86. The van der Waals surface area contributed by atoms with Crippen molar-refractivity contribution in [3.63, 3.8) is 0 Å². The molecule has 0 spiro atoms. The standard InChI is InChI=1S/C23H16F2N2O4/c1-31-20-9-6-13(12-27-22(29)15-4-2-3-5-16(15)23(27)30)10-17(20)21(28)26-14-7-8-18(24)19(25)11-14/h2-11H,12H2,1H3,(H,26,28).